The molecule has 0 saturated carbocycles. The monoisotopic (exact) mass is 629 g/mol. The van der Waals surface area contributed by atoms with E-state index in [0.29, 0.717) is 6.10 Å². The minimum absolute atomic E-state index is 0.0264. The molecule has 0 atom stereocenters. The Morgan fingerprint density at radius 3 is 1.51 bits per heavy atom. The summed E-state index contributed by atoms with van der Waals surface area (Å²) in [5, 5.41) is 0. The number of hydrogen-bond donors (Lipinski definition) is 0. The van der Waals surface area contributed by atoms with Crippen molar-refractivity contribution in [1.82, 2.24) is 0 Å². The average Bonchev–Trinajstić information content (AvgIpc) is 3.01. The van der Waals surface area contributed by atoms with E-state index in [2.05, 4.69) is 132 Å². The predicted octanol–water partition coefficient (Wildman–Crippen LogP) is 9.20. The van der Waals surface area contributed by atoms with Gasteiger partial charge >= 0.3 is 34.5 Å². The van der Waals surface area contributed by atoms with Crippen molar-refractivity contribution < 1.29 is 19.9 Å². The summed E-state index contributed by atoms with van der Waals surface area (Å²) >= 11 is -0.346. The minimum atomic E-state index is -0.346. The molecular formula is C31H41Cl2N2ORu+. The van der Waals surface area contributed by atoms with Crippen LogP contribution < -0.4 is 9.80 Å². The van der Waals surface area contributed by atoms with Crippen LogP contribution in [0.25, 0.3) is 0 Å². The van der Waals surface area contributed by atoms with Crippen LogP contribution in [0.4, 0.5) is 11.4 Å². The zero-order valence-electron chi connectivity index (χ0n) is 23.2. The third kappa shape index (κ3) is 7.59. The molecule has 1 aliphatic rings. The van der Waals surface area contributed by atoms with Crippen LogP contribution in [-0.4, -0.2) is 21.9 Å². The van der Waals surface area contributed by atoms with Gasteiger partial charge in [-0.05, 0) is 70.9 Å². The van der Waals surface area contributed by atoms with Gasteiger partial charge in [-0.15, -0.1) is 11.6 Å². The Balaban J connectivity index is 0.000000287. The molecule has 202 valence electrons. The first-order valence-corrected chi connectivity index (χ1v) is 16.9. The van der Waals surface area contributed by atoms with E-state index in [0.717, 1.165) is 11.3 Å². The number of hydrogen-bond acceptors (Lipinski definition) is 2. The molecule has 3 nitrogen and oxygen atoms in total. The van der Waals surface area contributed by atoms with Crippen LogP contribution in [0.1, 0.15) is 58.2 Å². The molecule has 0 aliphatic carbocycles. The second-order valence-electron chi connectivity index (χ2n) is 10.4. The molecule has 1 aliphatic heterocycles. The fourth-order valence-corrected chi connectivity index (χ4v) is 4.30. The van der Waals surface area contributed by atoms with E-state index in [1.54, 1.807) is 0 Å². The zero-order valence-corrected chi connectivity index (χ0v) is 26.5. The number of benzene rings is 3. The number of para-hydroxylation sites is 3. The Morgan fingerprint density at radius 2 is 1.14 bits per heavy atom. The summed E-state index contributed by atoms with van der Waals surface area (Å²) in [5.74, 6) is 1.00. The first-order chi connectivity index (χ1) is 17.4. The number of nitrogens with zero attached hydrogens (tertiary/aromatic N) is 2. The summed E-state index contributed by atoms with van der Waals surface area (Å²) in [7, 11) is 9.71. The molecule has 1 N–H and O–H groups in total. The average molecular weight is 630 g/mol. The van der Waals surface area contributed by atoms with Crippen molar-refractivity contribution in [3.8, 4) is 5.75 Å². The molecule has 6 heteroatoms. The quantitative estimate of drug-likeness (QED) is 0.163. The van der Waals surface area contributed by atoms with Crippen molar-refractivity contribution in [2.24, 2.45) is 0 Å². The zero-order chi connectivity index (χ0) is 27.8. The number of anilines is 2. The Kier molecular flexibility index (Phi) is 11.7. The molecule has 3 aromatic carbocycles. The number of halogens is 2. The predicted molar refractivity (Wildman–Crippen MR) is 159 cm³/mol. The molecule has 0 unspecified atom stereocenters. The second-order valence-corrected chi connectivity index (χ2v) is 13.1. The van der Waals surface area contributed by atoms with E-state index in [4.69, 9.17) is 19.4 Å². The normalized spacial score (nSPS) is 15.4. The number of aliphatic hydroxyl groups is 1. The maximum atomic E-state index is 4.85. The van der Waals surface area contributed by atoms with Gasteiger partial charge in [-0.25, -0.2) is 0 Å². The summed E-state index contributed by atoms with van der Waals surface area (Å²) in [4.78, 5) is 4.85. The van der Waals surface area contributed by atoms with E-state index >= 15 is 0 Å². The molecule has 3 aromatic rings. The van der Waals surface area contributed by atoms with Gasteiger partial charge in [0.15, 0.2) is 11.9 Å². The number of ether oxygens (including phenoxy) is 1. The molecule has 4 rings (SSSR count). The topological polar surface area (TPSA) is 19.3 Å². The van der Waals surface area contributed by atoms with Crippen molar-refractivity contribution in [3.63, 3.8) is 0 Å². The van der Waals surface area contributed by atoms with E-state index in [9.17, 15) is 0 Å². The Morgan fingerprint density at radius 1 is 0.757 bits per heavy atom. The first-order valence-electron chi connectivity index (χ1n) is 12.4. The Labute approximate surface area is 240 Å². The van der Waals surface area contributed by atoms with Gasteiger partial charge < -0.3 is 14.5 Å². The van der Waals surface area contributed by atoms with Crippen molar-refractivity contribution in [2.75, 3.05) is 9.80 Å². The van der Waals surface area contributed by atoms with Crippen LogP contribution in [0.15, 0.2) is 72.8 Å². The Hall–Kier alpha value is -1.87. The number of aryl methyl sites for hydroxylation is 2. The van der Waals surface area contributed by atoms with Crippen LogP contribution >= 0.6 is 19.4 Å². The molecule has 37 heavy (non-hydrogen) atoms. The Bertz CT molecular complexity index is 1070. The molecule has 0 radical (unpaired) electrons. The first kappa shape index (κ1) is 31.4. The van der Waals surface area contributed by atoms with Gasteiger partial charge in [-0.2, -0.15) is 19.7 Å². The molecule has 1 heterocycles. The summed E-state index contributed by atoms with van der Waals surface area (Å²) in [6, 6.07) is 25.2. The van der Waals surface area contributed by atoms with Crippen molar-refractivity contribution >= 4 is 30.8 Å². The van der Waals surface area contributed by atoms with Gasteiger partial charge in [-0.3, -0.25) is 0 Å². The second kappa shape index (κ2) is 13.8. The van der Waals surface area contributed by atoms with Gasteiger partial charge in [0.05, 0.1) is 0 Å². The van der Waals surface area contributed by atoms with E-state index in [1.165, 1.54) is 22.5 Å². The molecule has 0 aromatic heterocycles. The third-order valence-corrected chi connectivity index (χ3v) is 7.07. The van der Waals surface area contributed by atoms with Gasteiger partial charge in [0.1, 0.15) is 0 Å². The van der Waals surface area contributed by atoms with Crippen LogP contribution in [-0.2, 0) is 15.1 Å². The summed E-state index contributed by atoms with van der Waals surface area (Å²) in [6.07, 6.45) is 0.345. The van der Waals surface area contributed by atoms with E-state index < -0.39 is 0 Å². The fourth-order valence-electron chi connectivity index (χ4n) is 4.30. The van der Waals surface area contributed by atoms with Crippen LogP contribution in [0.3, 0.4) is 0 Å². The summed E-state index contributed by atoms with van der Waals surface area (Å²) in [6.45, 7) is 24.0. The summed E-state index contributed by atoms with van der Waals surface area (Å²) in [5.41, 5.74) is 6.12. The molecule has 1 fully saturated rings. The molecule has 1 saturated heterocycles. The van der Waals surface area contributed by atoms with Crippen molar-refractivity contribution in [3.05, 3.63) is 103 Å². The van der Waals surface area contributed by atoms with Gasteiger partial charge in [-0.1, -0.05) is 42.5 Å². The third-order valence-electron chi connectivity index (χ3n) is 7.07. The van der Waals surface area contributed by atoms with Crippen LogP contribution in [0.2, 0.25) is 0 Å². The molecule has 0 amide bonds. The summed E-state index contributed by atoms with van der Waals surface area (Å²) < 4.78 is 4.40. The van der Waals surface area contributed by atoms with Gasteiger partial charge in [0.2, 0.25) is 0 Å². The molecular weight excluding hydrogens is 588 g/mol. The van der Waals surface area contributed by atoms with Gasteiger partial charge in [0.25, 0.3) is 0 Å². The molecule has 0 spiro atoms. The SMILES string of the molecule is Cc1ccccc1N1[CH-]N(c2ccccc2C)C(C)(C)C1(C)C.[CH2-]c1ccccc1[OH+]C(C)C.[Cl][Ru+2][Cl]. The maximum absolute atomic E-state index is 4.85. The van der Waals surface area contributed by atoms with Gasteiger partial charge in [0, 0.05) is 36.3 Å². The standard InChI is InChI=1S/C21H27N2.C10H13O.2ClH.Ru/c1-16-11-7-9-13-18(16)22-15-23(21(5,6)20(22,3)4)19-14-10-8-12-17(19)2;1-8(2)11-10-7-5-4-6-9(10)3;;;/h7-15H,1-6H3;4-8H,3H2,1-2H3;2*1H;/q2*-1;;;+4/p-1. The number of rotatable bonds is 4. The van der Waals surface area contributed by atoms with Crippen LogP contribution in [0, 0.1) is 27.4 Å². The van der Waals surface area contributed by atoms with Crippen molar-refractivity contribution in [2.45, 2.75) is 72.6 Å². The van der Waals surface area contributed by atoms with Crippen molar-refractivity contribution in [1.29, 1.82) is 0 Å². The van der Waals surface area contributed by atoms with Crippen LogP contribution in [0.5, 0.6) is 5.75 Å². The van der Waals surface area contributed by atoms with E-state index in [-0.39, 0.29) is 26.2 Å². The fraction of sp³-hybridized carbons (Fsp3) is 0.355. The molecule has 0 bridgehead atoms. The van der Waals surface area contributed by atoms with E-state index in [1.807, 2.05) is 24.3 Å². The number of aromatic hydroxyl groups is 1.